The van der Waals surface area contributed by atoms with Crippen LogP contribution in [0.1, 0.15) is 29.4 Å². The fourth-order valence-electron chi connectivity index (χ4n) is 1.60. The average Bonchev–Trinajstić information content (AvgIpc) is 2.38. The van der Waals surface area contributed by atoms with Gasteiger partial charge in [-0.05, 0) is 25.6 Å². The number of carboxylic acid groups (broad SMARTS) is 1. The van der Waals surface area contributed by atoms with Gasteiger partial charge in [0.25, 0.3) is 0 Å². The molecule has 3 N–H and O–H groups in total. The van der Waals surface area contributed by atoms with Crippen molar-refractivity contribution >= 4 is 21.8 Å². The fraction of sp³-hybridized carbons (Fsp3) is 0.500. The van der Waals surface area contributed by atoms with E-state index in [2.05, 4.69) is 15.0 Å². The number of carboxylic acids is 1. The second-order valence-electron chi connectivity index (χ2n) is 4.24. The lowest BCUT2D eigenvalue weighted by Crippen LogP contribution is -2.26. The van der Waals surface area contributed by atoms with Gasteiger partial charge in [0.05, 0.1) is 11.3 Å². The van der Waals surface area contributed by atoms with Gasteiger partial charge in [-0.15, -0.1) is 0 Å². The Morgan fingerprint density at radius 1 is 1.40 bits per heavy atom. The Morgan fingerprint density at radius 2 is 2.10 bits per heavy atom. The molecule has 0 aromatic carbocycles. The second-order valence-corrected chi connectivity index (χ2v) is 6.28. The first-order chi connectivity index (χ1) is 9.38. The molecule has 20 heavy (non-hydrogen) atoms. The highest BCUT2D eigenvalue weighted by molar-refractivity contribution is 7.89. The Morgan fingerprint density at radius 3 is 2.65 bits per heavy atom. The third-order valence-corrected chi connectivity index (χ3v) is 3.98. The normalized spacial score (nSPS) is 11.3. The van der Waals surface area contributed by atoms with E-state index >= 15 is 0 Å². The molecule has 0 aliphatic carbocycles. The lowest BCUT2D eigenvalue weighted by atomic mass is 10.1. The molecule has 0 aliphatic heterocycles. The topological polar surface area (TPSA) is 108 Å². The van der Waals surface area contributed by atoms with Crippen molar-refractivity contribution in [1.29, 1.82) is 0 Å². The lowest BCUT2D eigenvalue weighted by molar-refractivity contribution is 0.0696. The molecule has 0 atom stereocenters. The highest BCUT2D eigenvalue weighted by atomic mass is 32.2. The number of anilines is 1. The van der Waals surface area contributed by atoms with Crippen LogP contribution in [0, 0.1) is 0 Å². The molecule has 0 saturated heterocycles. The number of aryl methyl sites for hydroxylation is 1. The summed E-state index contributed by atoms with van der Waals surface area (Å²) in [4.78, 5) is 15.3. The molecule has 1 rings (SSSR count). The summed E-state index contributed by atoms with van der Waals surface area (Å²) >= 11 is 0. The van der Waals surface area contributed by atoms with Crippen LogP contribution in [0.4, 0.5) is 5.82 Å². The van der Waals surface area contributed by atoms with Crippen LogP contribution in [0.5, 0.6) is 0 Å². The molecular formula is C12H19N3O4S. The van der Waals surface area contributed by atoms with Crippen molar-refractivity contribution in [2.45, 2.75) is 19.8 Å². The van der Waals surface area contributed by atoms with E-state index in [9.17, 15) is 13.2 Å². The quantitative estimate of drug-likeness (QED) is 0.652. The highest BCUT2D eigenvalue weighted by Gasteiger charge is 2.10. The molecule has 8 heteroatoms. The molecule has 0 spiro atoms. The predicted octanol–water partition coefficient (Wildman–Crippen LogP) is 0.693. The molecule has 7 nitrogen and oxygen atoms in total. The maximum atomic E-state index is 11.3. The number of aromatic carboxylic acids is 1. The van der Waals surface area contributed by atoms with Gasteiger partial charge in [-0.3, -0.25) is 0 Å². The van der Waals surface area contributed by atoms with Crippen LogP contribution < -0.4 is 10.0 Å². The van der Waals surface area contributed by atoms with Gasteiger partial charge in [0.1, 0.15) is 5.82 Å². The molecule has 0 radical (unpaired) electrons. The molecule has 0 aliphatic rings. The highest BCUT2D eigenvalue weighted by Crippen LogP contribution is 2.12. The van der Waals surface area contributed by atoms with Gasteiger partial charge in [0, 0.05) is 12.2 Å². The third-order valence-electron chi connectivity index (χ3n) is 2.62. The first-order valence-corrected chi connectivity index (χ1v) is 7.92. The van der Waals surface area contributed by atoms with Crippen molar-refractivity contribution in [1.82, 2.24) is 9.71 Å². The third kappa shape index (κ3) is 5.14. The van der Waals surface area contributed by atoms with Crippen molar-refractivity contribution in [3.8, 4) is 0 Å². The van der Waals surface area contributed by atoms with E-state index in [1.54, 1.807) is 0 Å². The van der Waals surface area contributed by atoms with Crippen LogP contribution in [0.3, 0.4) is 0 Å². The van der Waals surface area contributed by atoms with Crippen LogP contribution in [-0.2, 0) is 16.4 Å². The van der Waals surface area contributed by atoms with Crippen LogP contribution in [0.2, 0.25) is 0 Å². The maximum Gasteiger partial charge on any atom is 0.335 e. The summed E-state index contributed by atoms with van der Waals surface area (Å²) in [5, 5.41) is 11.9. The van der Waals surface area contributed by atoms with Gasteiger partial charge < -0.3 is 10.4 Å². The second kappa shape index (κ2) is 7.20. The minimum absolute atomic E-state index is 0.106. The Labute approximate surface area is 118 Å². The number of rotatable bonds is 8. The molecule has 0 unspecified atom stereocenters. The van der Waals surface area contributed by atoms with E-state index in [0.717, 1.165) is 6.42 Å². The van der Waals surface area contributed by atoms with Gasteiger partial charge in [0.2, 0.25) is 10.0 Å². The van der Waals surface area contributed by atoms with Crippen molar-refractivity contribution < 1.29 is 18.3 Å². The summed E-state index contributed by atoms with van der Waals surface area (Å²) in [7, 11) is -1.95. The summed E-state index contributed by atoms with van der Waals surface area (Å²) in [6.07, 6.45) is 1.52. The van der Waals surface area contributed by atoms with Crippen molar-refractivity contribution in [3.63, 3.8) is 0 Å². The number of nitrogens with zero attached hydrogens (tertiary/aromatic N) is 1. The zero-order valence-corrected chi connectivity index (χ0v) is 12.3. The van der Waals surface area contributed by atoms with E-state index in [1.165, 1.54) is 19.2 Å². The zero-order chi connectivity index (χ0) is 15.2. The molecule has 0 fully saturated rings. The van der Waals surface area contributed by atoms with Crippen molar-refractivity contribution in [2.24, 2.45) is 0 Å². The van der Waals surface area contributed by atoms with Crippen LogP contribution in [0.15, 0.2) is 12.1 Å². The van der Waals surface area contributed by atoms with Gasteiger partial charge in [-0.25, -0.2) is 22.9 Å². The Balaban J connectivity index is 2.81. The SMILES string of the molecule is CCCc1cc(C(=O)O)cc(NCCS(=O)(=O)NC)n1. The number of carbonyl (C=O) groups is 1. The number of hydrogen-bond donors (Lipinski definition) is 3. The summed E-state index contributed by atoms with van der Waals surface area (Å²) < 4.78 is 24.7. The van der Waals surface area contributed by atoms with E-state index in [0.29, 0.717) is 17.9 Å². The van der Waals surface area contributed by atoms with Gasteiger partial charge in [-0.1, -0.05) is 13.3 Å². The number of nitrogens with one attached hydrogen (secondary N) is 2. The molecule has 0 bridgehead atoms. The minimum Gasteiger partial charge on any atom is -0.478 e. The standard InChI is InChI=1S/C12H19N3O4S/c1-3-4-10-7-9(12(16)17)8-11(15-10)14-5-6-20(18,19)13-2/h7-8,13H,3-6H2,1-2H3,(H,14,15)(H,16,17). The van der Waals surface area contributed by atoms with Crippen molar-refractivity contribution in [3.05, 3.63) is 23.4 Å². The van der Waals surface area contributed by atoms with Crippen molar-refractivity contribution in [2.75, 3.05) is 24.7 Å². The summed E-state index contributed by atoms with van der Waals surface area (Å²) in [5.41, 5.74) is 0.814. The molecule has 0 saturated carbocycles. The fourth-order valence-corrected chi connectivity index (χ4v) is 2.18. The summed E-state index contributed by atoms with van der Waals surface area (Å²) in [6.45, 7) is 2.13. The molecule has 112 valence electrons. The minimum atomic E-state index is -3.29. The summed E-state index contributed by atoms with van der Waals surface area (Å²) in [6, 6.07) is 2.93. The van der Waals surface area contributed by atoms with Gasteiger partial charge >= 0.3 is 5.97 Å². The number of aromatic nitrogens is 1. The molecule has 1 heterocycles. The van der Waals surface area contributed by atoms with E-state index < -0.39 is 16.0 Å². The number of sulfonamides is 1. The predicted molar refractivity (Wildman–Crippen MR) is 76.5 cm³/mol. The summed E-state index contributed by atoms with van der Waals surface area (Å²) in [5.74, 6) is -0.763. The molecule has 0 amide bonds. The van der Waals surface area contributed by atoms with E-state index in [4.69, 9.17) is 5.11 Å². The monoisotopic (exact) mass is 301 g/mol. The van der Waals surface area contributed by atoms with Gasteiger partial charge in [0.15, 0.2) is 0 Å². The Hall–Kier alpha value is -1.67. The molecule has 1 aromatic heterocycles. The van der Waals surface area contributed by atoms with E-state index in [-0.39, 0.29) is 17.9 Å². The Kier molecular flexibility index (Phi) is 5.90. The lowest BCUT2D eigenvalue weighted by Gasteiger charge is -2.09. The first-order valence-electron chi connectivity index (χ1n) is 6.27. The first kappa shape index (κ1) is 16.4. The smallest absolute Gasteiger partial charge is 0.335 e. The van der Waals surface area contributed by atoms with Gasteiger partial charge in [-0.2, -0.15) is 0 Å². The van der Waals surface area contributed by atoms with Crippen LogP contribution in [0.25, 0.3) is 0 Å². The van der Waals surface area contributed by atoms with E-state index in [1.807, 2.05) is 6.92 Å². The molecular weight excluding hydrogens is 282 g/mol. The largest absolute Gasteiger partial charge is 0.478 e. The average molecular weight is 301 g/mol. The molecule has 1 aromatic rings. The number of hydrogen-bond acceptors (Lipinski definition) is 5. The van der Waals surface area contributed by atoms with Crippen LogP contribution in [-0.4, -0.2) is 43.8 Å². The number of pyridine rings is 1. The zero-order valence-electron chi connectivity index (χ0n) is 11.5. The Bertz CT molecular complexity index is 572. The maximum absolute atomic E-state index is 11.3. The van der Waals surface area contributed by atoms with Crippen LogP contribution >= 0.6 is 0 Å².